The standard InChI is InChI=1S/C6H7Cl2NO2/c7-5(8)6-4(1-2-10-6)3-9-11-6/h3-5H,1-2H2. The summed E-state index contributed by atoms with van der Waals surface area (Å²) in [7, 11) is 0. The Labute approximate surface area is 74.2 Å². The van der Waals surface area contributed by atoms with Crippen molar-refractivity contribution in [1.82, 2.24) is 0 Å². The molecule has 2 rings (SSSR count). The first-order valence-corrected chi connectivity index (χ1v) is 4.27. The molecule has 62 valence electrons. The number of fused-ring (bicyclic) bond motifs is 1. The number of hydrogen-bond acceptors (Lipinski definition) is 3. The summed E-state index contributed by atoms with van der Waals surface area (Å²) >= 11 is 11.4. The molecule has 11 heavy (non-hydrogen) atoms. The van der Waals surface area contributed by atoms with Gasteiger partial charge in [0.1, 0.15) is 0 Å². The first-order valence-electron chi connectivity index (χ1n) is 3.39. The molecule has 0 aromatic rings. The van der Waals surface area contributed by atoms with Crippen molar-refractivity contribution in [3.63, 3.8) is 0 Å². The highest BCUT2D eigenvalue weighted by Crippen LogP contribution is 2.42. The molecule has 1 fully saturated rings. The normalized spacial score (nSPS) is 41.2. The first kappa shape index (κ1) is 7.65. The number of ether oxygens (including phenoxy) is 1. The van der Waals surface area contributed by atoms with Crippen molar-refractivity contribution >= 4 is 29.4 Å². The summed E-state index contributed by atoms with van der Waals surface area (Å²) in [5.74, 6) is -0.772. The van der Waals surface area contributed by atoms with Crippen molar-refractivity contribution in [2.45, 2.75) is 17.0 Å². The monoisotopic (exact) mass is 195 g/mol. The lowest BCUT2D eigenvalue weighted by molar-refractivity contribution is -0.198. The van der Waals surface area contributed by atoms with Crippen molar-refractivity contribution in [3.05, 3.63) is 0 Å². The number of oxime groups is 1. The number of hydrogen-bond donors (Lipinski definition) is 0. The van der Waals surface area contributed by atoms with Gasteiger partial charge in [0.25, 0.3) is 5.79 Å². The van der Waals surface area contributed by atoms with Gasteiger partial charge in [-0.25, -0.2) is 0 Å². The molecule has 0 aliphatic carbocycles. The van der Waals surface area contributed by atoms with Crippen LogP contribution in [0.4, 0.5) is 0 Å². The minimum atomic E-state index is -0.886. The molecule has 0 aromatic carbocycles. The van der Waals surface area contributed by atoms with E-state index in [4.69, 9.17) is 32.8 Å². The van der Waals surface area contributed by atoms with Gasteiger partial charge in [-0.05, 0) is 6.42 Å². The Morgan fingerprint density at radius 1 is 1.64 bits per heavy atom. The van der Waals surface area contributed by atoms with Crippen LogP contribution in [-0.2, 0) is 9.57 Å². The van der Waals surface area contributed by atoms with Crippen LogP contribution in [0.15, 0.2) is 5.16 Å². The highest BCUT2D eigenvalue weighted by molar-refractivity contribution is 6.45. The van der Waals surface area contributed by atoms with Crippen LogP contribution in [0.3, 0.4) is 0 Å². The summed E-state index contributed by atoms with van der Waals surface area (Å²) in [6.07, 6.45) is 2.57. The summed E-state index contributed by atoms with van der Waals surface area (Å²) in [6.45, 7) is 0.632. The number of halogens is 2. The first-order chi connectivity index (χ1) is 5.26. The van der Waals surface area contributed by atoms with Crippen molar-refractivity contribution in [2.24, 2.45) is 11.1 Å². The van der Waals surface area contributed by atoms with Gasteiger partial charge in [0.15, 0.2) is 4.84 Å². The highest BCUT2D eigenvalue weighted by atomic mass is 35.5. The van der Waals surface area contributed by atoms with E-state index in [1.165, 1.54) is 0 Å². The predicted molar refractivity (Wildman–Crippen MR) is 41.9 cm³/mol. The molecule has 0 amide bonds. The maximum absolute atomic E-state index is 5.71. The van der Waals surface area contributed by atoms with Crippen LogP contribution in [0.5, 0.6) is 0 Å². The number of nitrogens with zero attached hydrogens (tertiary/aromatic N) is 1. The van der Waals surface area contributed by atoms with Gasteiger partial charge in [-0.3, -0.25) is 0 Å². The zero-order valence-corrected chi connectivity index (χ0v) is 7.18. The van der Waals surface area contributed by atoms with Crippen LogP contribution in [0, 0.1) is 5.92 Å². The zero-order valence-electron chi connectivity index (χ0n) is 5.67. The van der Waals surface area contributed by atoms with E-state index in [9.17, 15) is 0 Å². The van der Waals surface area contributed by atoms with E-state index < -0.39 is 10.6 Å². The Morgan fingerprint density at radius 3 is 3.09 bits per heavy atom. The van der Waals surface area contributed by atoms with E-state index in [1.807, 2.05) is 0 Å². The van der Waals surface area contributed by atoms with Gasteiger partial charge >= 0.3 is 0 Å². The fraction of sp³-hybridized carbons (Fsp3) is 0.833. The second-order valence-electron chi connectivity index (χ2n) is 2.61. The molecule has 5 heteroatoms. The molecule has 3 nitrogen and oxygen atoms in total. The van der Waals surface area contributed by atoms with E-state index in [1.54, 1.807) is 6.21 Å². The van der Waals surface area contributed by atoms with E-state index >= 15 is 0 Å². The molecule has 2 aliphatic heterocycles. The summed E-state index contributed by atoms with van der Waals surface area (Å²) in [5, 5.41) is 3.64. The molecule has 2 heterocycles. The maximum atomic E-state index is 5.71. The van der Waals surface area contributed by atoms with E-state index in [0.717, 1.165) is 6.42 Å². The summed E-state index contributed by atoms with van der Waals surface area (Å²) in [5.41, 5.74) is 0. The van der Waals surface area contributed by atoms with E-state index in [-0.39, 0.29) is 5.92 Å². The van der Waals surface area contributed by atoms with Crippen molar-refractivity contribution < 1.29 is 9.57 Å². The van der Waals surface area contributed by atoms with Gasteiger partial charge in [0.2, 0.25) is 0 Å². The van der Waals surface area contributed by atoms with E-state index in [2.05, 4.69) is 5.16 Å². The van der Waals surface area contributed by atoms with Crippen LogP contribution >= 0.6 is 23.2 Å². The molecular formula is C6H7Cl2NO2. The van der Waals surface area contributed by atoms with Crippen LogP contribution in [0.1, 0.15) is 6.42 Å². The Kier molecular flexibility index (Phi) is 1.74. The molecule has 1 saturated heterocycles. The number of rotatable bonds is 1. The lowest BCUT2D eigenvalue weighted by atomic mass is 10.0. The summed E-state index contributed by atoms with van der Waals surface area (Å²) < 4.78 is 5.31. The lowest BCUT2D eigenvalue weighted by Gasteiger charge is -2.25. The predicted octanol–water partition coefficient (Wildman–Crippen LogP) is 1.54. The minimum absolute atomic E-state index is 0.113. The van der Waals surface area contributed by atoms with Crippen LogP contribution in [0.25, 0.3) is 0 Å². The second kappa shape index (κ2) is 2.51. The molecule has 0 radical (unpaired) electrons. The van der Waals surface area contributed by atoms with Gasteiger partial charge in [-0.2, -0.15) is 0 Å². The Morgan fingerprint density at radius 2 is 2.45 bits per heavy atom. The van der Waals surface area contributed by atoms with Gasteiger partial charge in [0.05, 0.1) is 18.7 Å². The average Bonchev–Trinajstić information content (AvgIpc) is 2.40. The number of alkyl halides is 2. The molecule has 0 saturated carbocycles. The lowest BCUT2D eigenvalue weighted by Crippen LogP contribution is -2.40. The third-order valence-corrected chi connectivity index (χ3v) is 2.62. The molecule has 0 N–H and O–H groups in total. The minimum Gasteiger partial charge on any atom is -0.357 e. The maximum Gasteiger partial charge on any atom is 0.275 e. The van der Waals surface area contributed by atoms with Crippen LogP contribution in [0.2, 0.25) is 0 Å². The fourth-order valence-corrected chi connectivity index (χ4v) is 1.91. The average molecular weight is 196 g/mol. The van der Waals surface area contributed by atoms with Gasteiger partial charge in [-0.1, -0.05) is 28.4 Å². The van der Waals surface area contributed by atoms with Crippen molar-refractivity contribution in [1.29, 1.82) is 0 Å². The Balaban J connectivity index is 2.23. The van der Waals surface area contributed by atoms with Crippen LogP contribution in [-0.4, -0.2) is 23.4 Å². The largest absolute Gasteiger partial charge is 0.357 e. The smallest absolute Gasteiger partial charge is 0.275 e. The van der Waals surface area contributed by atoms with Gasteiger partial charge < -0.3 is 9.57 Å². The van der Waals surface area contributed by atoms with Crippen molar-refractivity contribution in [2.75, 3.05) is 6.61 Å². The third kappa shape index (κ3) is 0.949. The fourth-order valence-electron chi connectivity index (χ4n) is 1.38. The topological polar surface area (TPSA) is 30.8 Å². The third-order valence-electron chi connectivity index (χ3n) is 2.01. The Bertz CT molecular complexity index is 197. The molecule has 2 unspecified atom stereocenters. The van der Waals surface area contributed by atoms with E-state index in [0.29, 0.717) is 6.61 Å². The van der Waals surface area contributed by atoms with Gasteiger partial charge in [-0.15, -0.1) is 0 Å². The molecule has 0 bridgehead atoms. The Hall–Kier alpha value is 0.01000. The molecule has 0 spiro atoms. The van der Waals surface area contributed by atoms with Crippen LogP contribution < -0.4 is 0 Å². The molecular weight excluding hydrogens is 189 g/mol. The summed E-state index contributed by atoms with van der Waals surface area (Å²) in [6, 6.07) is 0. The second-order valence-corrected chi connectivity index (χ2v) is 3.71. The molecule has 2 atom stereocenters. The quantitative estimate of drug-likeness (QED) is 0.595. The zero-order chi connectivity index (χ0) is 7.90. The SMILES string of the molecule is ClC(Cl)C12OCCC1C=NO2. The van der Waals surface area contributed by atoms with Crippen molar-refractivity contribution in [3.8, 4) is 0 Å². The summed E-state index contributed by atoms with van der Waals surface area (Å²) in [4.78, 5) is 4.33. The highest BCUT2D eigenvalue weighted by Gasteiger charge is 2.54. The molecule has 2 aliphatic rings. The molecule has 0 aromatic heterocycles. The van der Waals surface area contributed by atoms with Gasteiger partial charge in [0, 0.05) is 0 Å².